The van der Waals surface area contributed by atoms with Crippen LogP contribution in [0.2, 0.25) is 0 Å². The number of rotatable bonds is 4. The van der Waals surface area contributed by atoms with Crippen molar-refractivity contribution >= 4 is 29.3 Å². The van der Waals surface area contributed by atoms with Crippen molar-refractivity contribution in [2.45, 2.75) is 31.1 Å². The van der Waals surface area contributed by atoms with Crippen molar-refractivity contribution in [3.8, 4) is 0 Å². The molecular weight excluding hydrogens is 344 g/mol. The fourth-order valence-electron chi connectivity index (χ4n) is 3.21. The maximum atomic E-state index is 12.9. The fraction of sp³-hybridized carbons (Fsp3) is 0.333. The number of piperidine rings is 1. The second-order valence-corrected chi connectivity index (χ2v) is 7.41. The zero-order valence-electron chi connectivity index (χ0n) is 15.2. The Labute approximate surface area is 159 Å². The zero-order valence-corrected chi connectivity index (χ0v) is 16.1. The van der Waals surface area contributed by atoms with E-state index in [0.717, 1.165) is 36.4 Å². The third-order valence-corrected chi connectivity index (χ3v) is 5.46. The van der Waals surface area contributed by atoms with E-state index in [2.05, 4.69) is 5.32 Å². The molecule has 0 radical (unpaired) electrons. The number of hydrogen-bond donors (Lipinski definition) is 1. The average molecular weight is 369 g/mol. The molecule has 3 rings (SSSR count). The molecular formula is C21H24N2O2S. The number of nitrogens with zero attached hydrogens (tertiary/aromatic N) is 1. The van der Waals surface area contributed by atoms with E-state index >= 15 is 0 Å². The number of carbonyl (C=O) groups is 2. The number of hydrogen-bond acceptors (Lipinski definition) is 3. The first-order valence-corrected chi connectivity index (χ1v) is 10.2. The van der Waals surface area contributed by atoms with E-state index in [1.54, 1.807) is 23.9 Å². The third-order valence-electron chi connectivity index (χ3n) is 4.74. The maximum Gasteiger partial charge on any atom is 0.255 e. The predicted octanol–water partition coefficient (Wildman–Crippen LogP) is 4.60. The highest BCUT2D eigenvalue weighted by Crippen LogP contribution is 2.23. The first kappa shape index (κ1) is 18.5. The van der Waals surface area contributed by atoms with Crippen LogP contribution in [-0.4, -0.2) is 36.1 Å². The molecule has 0 saturated carbocycles. The lowest BCUT2D eigenvalue weighted by molar-refractivity contribution is 0.0725. The van der Waals surface area contributed by atoms with Gasteiger partial charge in [0.05, 0.1) is 11.3 Å². The summed E-state index contributed by atoms with van der Waals surface area (Å²) < 4.78 is 0. The summed E-state index contributed by atoms with van der Waals surface area (Å²) in [5.74, 6) is -0.188. The number of para-hydroxylation sites is 1. The Hall–Kier alpha value is -2.27. The molecule has 1 N–H and O–H groups in total. The SMILES string of the molecule is CSc1ccc(C)c(C(=O)Nc2ccccc2C(=O)N2CCCCC2)c1. The van der Waals surface area contributed by atoms with Gasteiger partial charge in [0, 0.05) is 23.5 Å². The van der Waals surface area contributed by atoms with Crippen LogP contribution in [0.1, 0.15) is 45.5 Å². The molecule has 2 amide bonds. The quantitative estimate of drug-likeness (QED) is 0.803. The van der Waals surface area contributed by atoms with E-state index in [9.17, 15) is 9.59 Å². The minimum absolute atomic E-state index is 0.00446. The Morgan fingerprint density at radius 1 is 1.00 bits per heavy atom. The Balaban J connectivity index is 1.84. The van der Waals surface area contributed by atoms with E-state index in [4.69, 9.17) is 0 Å². The van der Waals surface area contributed by atoms with Crippen molar-refractivity contribution in [2.75, 3.05) is 24.7 Å². The monoisotopic (exact) mass is 368 g/mol. The van der Waals surface area contributed by atoms with Crippen LogP contribution in [0.3, 0.4) is 0 Å². The first-order chi connectivity index (χ1) is 12.6. The van der Waals surface area contributed by atoms with Gasteiger partial charge < -0.3 is 10.2 Å². The summed E-state index contributed by atoms with van der Waals surface area (Å²) in [5.41, 5.74) is 2.68. The zero-order chi connectivity index (χ0) is 18.5. The Kier molecular flexibility index (Phi) is 5.99. The van der Waals surface area contributed by atoms with E-state index < -0.39 is 0 Å². The van der Waals surface area contributed by atoms with Crippen molar-refractivity contribution in [3.05, 3.63) is 59.2 Å². The molecule has 1 aliphatic rings. The lowest BCUT2D eigenvalue weighted by Gasteiger charge is -2.27. The summed E-state index contributed by atoms with van der Waals surface area (Å²) in [6.45, 7) is 3.50. The van der Waals surface area contributed by atoms with Crippen molar-refractivity contribution in [3.63, 3.8) is 0 Å². The fourth-order valence-corrected chi connectivity index (χ4v) is 3.65. The molecule has 0 aromatic heterocycles. The first-order valence-electron chi connectivity index (χ1n) is 8.94. The van der Waals surface area contributed by atoms with E-state index in [1.807, 2.05) is 48.4 Å². The molecule has 0 aliphatic carbocycles. The van der Waals surface area contributed by atoms with Gasteiger partial charge in [-0.15, -0.1) is 11.8 Å². The number of aryl methyl sites for hydroxylation is 1. The Bertz CT molecular complexity index is 813. The second-order valence-electron chi connectivity index (χ2n) is 6.53. The minimum Gasteiger partial charge on any atom is -0.339 e. The number of carbonyl (C=O) groups excluding carboxylic acids is 2. The van der Waals surface area contributed by atoms with Gasteiger partial charge in [-0.2, -0.15) is 0 Å². The van der Waals surface area contributed by atoms with Gasteiger partial charge in [-0.25, -0.2) is 0 Å². The molecule has 5 heteroatoms. The van der Waals surface area contributed by atoms with Crippen LogP contribution in [0.5, 0.6) is 0 Å². The minimum atomic E-state index is -0.183. The Morgan fingerprint density at radius 3 is 2.46 bits per heavy atom. The second kappa shape index (κ2) is 8.41. The number of benzene rings is 2. The molecule has 0 atom stereocenters. The number of anilines is 1. The molecule has 0 bridgehead atoms. The number of thioether (sulfide) groups is 1. The molecule has 1 aliphatic heterocycles. The lowest BCUT2D eigenvalue weighted by atomic mass is 10.1. The van der Waals surface area contributed by atoms with E-state index in [1.165, 1.54) is 6.42 Å². The summed E-state index contributed by atoms with van der Waals surface area (Å²) in [7, 11) is 0. The van der Waals surface area contributed by atoms with Gasteiger partial charge in [0.1, 0.15) is 0 Å². The highest BCUT2D eigenvalue weighted by atomic mass is 32.2. The summed E-state index contributed by atoms with van der Waals surface area (Å²) in [6, 6.07) is 13.1. The third kappa shape index (κ3) is 4.10. The number of nitrogens with one attached hydrogen (secondary N) is 1. The lowest BCUT2D eigenvalue weighted by Crippen LogP contribution is -2.36. The van der Waals surface area contributed by atoms with Crippen molar-refractivity contribution in [1.29, 1.82) is 0 Å². The molecule has 1 heterocycles. The van der Waals surface area contributed by atoms with Gasteiger partial charge in [0.25, 0.3) is 11.8 Å². The summed E-state index contributed by atoms with van der Waals surface area (Å²) in [5, 5.41) is 2.94. The molecule has 0 spiro atoms. The van der Waals surface area contributed by atoms with Crippen molar-refractivity contribution < 1.29 is 9.59 Å². The molecule has 1 saturated heterocycles. The molecule has 2 aromatic rings. The van der Waals surface area contributed by atoms with Gasteiger partial charge in [0.2, 0.25) is 0 Å². The van der Waals surface area contributed by atoms with Gasteiger partial charge >= 0.3 is 0 Å². The molecule has 4 nitrogen and oxygen atoms in total. The van der Waals surface area contributed by atoms with Crippen LogP contribution in [0.15, 0.2) is 47.4 Å². The van der Waals surface area contributed by atoms with Crippen LogP contribution >= 0.6 is 11.8 Å². The summed E-state index contributed by atoms with van der Waals surface area (Å²) in [4.78, 5) is 28.6. The van der Waals surface area contributed by atoms with E-state index in [-0.39, 0.29) is 11.8 Å². The van der Waals surface area contributed by atoms with Gasteiger partial charge in [-0.1, -0.05) is 18.2 Å². The smallest absolute Gasteiger partial charge is 0.255 e. The van der Waals surface area contributed by atoms with Gasteiger partial charge in [0.15, 0.2) is 0 Å². The topological polar surface area (TPSA) is 49.4 Å². The van der Waals surface area contributed by atoms with Crippen LogP contribution in [-0.2, 0) is 0 Å². The highest BCUT2D eigenvalue weighted by Gasteiger charge is 2.21. The average Bonchev–Trinajstić information content (AvgIpc) is 2.69. The van der Waals surface area contributed by atoms with E-state index in [0.29, 0.717) is 16.8 Å². The molecule has 26 heavy (non-hydrogen) atoms. The summed E-state index contributed by atoms with van der Waals surface area (Å²) >= 11 is 1.60. The molecule has 0 unspecified atom stereocenters. The highest BCUT2D eigenvalue weighted by molar-refractivity contribution is 7.98. The normalized spacial score (nSPS) is 14.2. The largest absolute Gasteiger partial charge is 0.339 e. The van der Waals surface area contributed by atoms with Gasteiger partial charge in [-0.05, 0) is 62.3 Å². The van der Waals surface area contributed by atoms with Crippen LogP contribution in [0.25, 0.3) is 0 Å². The molecule has 2 aromatic carbocycles. The molecule has 1 fully saturated rings. The predicted molar refractivity (Wildman–Crippen MR) is 107 cm³/mol. The molecule has 136 valence electrons. The van der Waals surface area contributed by atoms with Crippen molar-refractivity contribution in [2.24, 2.45) is 0 Å². The number of amides is 2. The van der Waals surface area contributed by atoms with Gasteiger partial charge in [-0.3, -0.25) is 9.59 Å². The van der Waals surface area contributed by atoms with Crippen molar-refractivity contribution in [1.82, 2.24) is 4.90 Å². The van der Waals surface area contributed by atoms with Crippen LogP contribution in [0.4, 0.5) is 5.69 Å². The van der Waals surface area contributed by atoms with Crippen LogP contribution < -0.4 is 5.32 Å². The standard InChI is InChI=1S/C21H24N2O2S/c1-15-10-11-16(26-2)14-18(15)20(24)22-19-9-5-4-8-17(19)21(25)23-12-6-3-7-13-23/h4-5,8-11,14H,3,6-7,12-13H2,1-2H3,(H,22,24). The summed E-state index contributed by atoms with van der Waals surface area (Å²) in [6.07, 6.45) is 5.24. The number of likely N-dealkylation sites (tertiary alicyclic amines) is 1. The van der Waals surface area contributed by atoms with Crippen LogP contribution in [0, 0.1) is 6.92 Å². The maximum absolute atomic E-state index is 12.9. The Morgan fingerprint density at radius 2 is 1.73 bits per heavy atom.